The summed E-state index contributed by atoms with van der Waals surface area (Å²) in [6, 6.07) is 0. The molecule has 0 bridgehead atoms. The van der Waals surface area contributed by atoms with Crippen molar-refractivity contribution in [1.82, 2.24) is 10.6 Å². The van der Waals surface area contributed by atoms with E-state index in [1.807, 2.05) is 6.92 Å². The molecule has 6 heteroatoms. The number of carbonyl (C=O) groups excluding carboxylic acids is 1. The van der Waals surface area contributed by atoms with Gasteiger partial charge in [0.25, 0.3) is 0 Å². The summed E-state index contributed by atoms with van der Waals surface area (Å²) < 4.78 is 5.25. The van der Waals surface area contributed by atoms with E-state index >= 15 is 0 Å². The largest absolute Gasteiger partial charge is 0.481 e. The van der Waals surface area contributed by atoms with Gasteiger partial charge in [0.05, 0.1) is 10.8 Å². The van der Waals surface area contributed by atoms with Crippen molar-refractivity contribution in [2.24, 2.45) is 10.8 Å². The lowest BCUT2D eigenvalue weighted by Crippen LogP contribution is -2.54. The molecule has 0 aromatic rings. The van der Waals surface area contributed by atoms with Crippen LogP contribution in [0.2, 0.25) is 0 Å². The van der Waals surface area contributed by atoms with Gasteiger partial charge in [0.2, 0.25) is 5.91 Å². The van der Waals surface area contributed by atoms with Crippen molar-refractivity contribution in [3.05, 3.63) is 0 Å². The van der Waals surface area contributed by atoms with Gasteiger partial charge < -0.3 is 20.5 Å². The first-order valence-electron chi connectivity index (χ1n) is 7.85. The van der Waals surface area contributed by atoms with E-state index in [0.717, 1.165) is 25.8 Å². The fourth-order valence-electron chi connectivity index (χ4n) is 3.29. The lowest BCUT2D eigenvalue weighted by atomic mass is 9.76. The van der Waals surface area contributed by atoms with E-state index in [4.69, 9.17) is 4.74 Å². The molecule has 2 heterocycles. The number of ether oxygens (including phenoxy) is 1. The first-order chi connectivity index (χ1) is 10.0. The van der Waals surface area contributed by atoms with Crippen LogP contribution < -0.4 is 10.6 Å². The van der Waals surface area contributed by atoms with Gasteiger partial charge in [0.15, 0.2) is 0 Å². The number of hydrogen-bond donors (Lipinski definition) is 3. The molecule has 21 heavy (non-hydrogen) atoms. The van der Waals surface area contributed by atoms with Crippen LogP contribution >= 0.6 is 0 Å². The minimum absolute atomic E-state index is 0.00989. The molecule has 0 spiro atoms. The molecule has 6 nitrogen and oxygen atoms in total. The Kier molecular flexibility index (Phi) is 5.22. The van der Waals surface area contributed by atoms with Gasteiger partial charge in [0, 0.05) is 26.3 Å². The van der Waals surface area contributed by atoms with Crippen molar-refractivity contribution >= 4 is 11.9 Å². The SMILES string of the molecule is CCC1(C(=O)NCC2(C(=O)O)CCOCC2)CCCNC1. The summed E-state index contributed by atoms with van der Waals surface area (Å²) in [6.07, 6.45) is 3.54. The zero-order valence-corrected chi connectivity index (χ0v) is 12.7. The number of carboxylic acids is 1. The highest BCUT2D eigenvalue weighted by molar-refractivity contribution is 5.84. The number of carboxylic acid groups (broad SMARTS) is 1. The van der Waals surface area contributed by atoms with Gasteiger partial charge in [-0.05, 0) is 38.6 Å². The number of amides is 1. The van der Waals surface area contributed by atoms with Gasteiger partial charge in [0.1, 0.15) is 0 Å². The normalized spacial score (nSPS) is 28.8. The lowest BCUT2D eigenvalue weighted by Gasteiger charge is -2.38. The molecule has 0 saturated carbocycles. The Hall–Kier alpha value is -1.14. The summed E-state index contributed by atoms with van der Waals surface area (Å²) >= 11 is 0. The van der Waals surface area contributed by atoms with Crippen LogP contribution in [0.3, 0.4) is 0 Å². The second-order valence-electron chi connectivity index (χ2n) is 6.29. The van der Waals surface area contributed by atoms with E-state index < -0.39 is 11.4 Å². The van der Waals surface area contributed by atoms with Crippen molar-refractivity contribution in [3.8, 4) is 0 Å². The van der Waals surface area contributed by atoms with Crippen LogP contribution in [0.25, 0.3) is 0 Å². The van der Waals surface area contributed by atoms with Crippen LogP contribution in [0.1, 0.15) is 39.0 Å². The van der Waals surface area contributed by atoms with E-state index in [-0.39, 0.29) is 17.9 Å². The molecule has 2 saturated heterocycles. The zero-order chi connectivity index (χ0) is 15.3. The van der Waals surface area contributed by atoms with E-state index in [1.54, 1.807) is 0 Å². The molecule has 1 amide bonds. The highest BCUT2D eigenvalue weighted by atomic mass is 16.5. The van der Waals surface area contributed by atoms with Gasteiger partial charge >= 0.3 is 5.97 Å². The van der Waals surface area contributed by atoms with Crippen molar-refractivity contribution in [2.45, 2.75) is 39.0 Å². The third-order valence-electron chi connectivity index (χ3n) is 5.12. The molecule has 2 aliphatic heterocycles. The first-order valence-corrected chi connectivity index (χ1v) is 7.85. The predicted molar refractivity (Wildman–Crippen MR) is 78.0 cm³/mol. The highest BCUT2D eigenvalue weighted by Crippen LogP contribution is 2.33. The van der Waals surface area contributed by atoms with Crippen LogP contribution in [0.4, 0.5) is 0 Å². The van der Waals surface area contributed by atoms with Gasteiger partial charge in [-0.3, -0.25) is 9.59 Å². The standard InChI is InChI=1S/C15H26N2O4/c1-2-14(4-3-7-16-10-14)12(18)17-11-15(13(19)20)5-8-21-9-6-15/h16H,2-11H2,1H3,(H,17,18)(H,19,20). The third kappa shape index (κ3) is 3.37. The van der Waals surface area contributed by atoms with Crippen molar-refractivity contribution in [2.75, 3.05) is 32.8 Å². The molecular weight excluding hydrogens is 272 g/mol. The number of aliphatic carboxylic acids is 1. The summed E-state index contributed by atoms with van der Waals surface area (Å²) in [5, 5.41) is 15.7. The Morgan fingerprint density at radius 2 is 1.95 bits per heavy atom. The quantitative estimate of drug-likeness (QED) is 0.697. The average molecular weight is 298 g/mol. The van der Waals surface area contributed by atoms with Crippen LogP contribution in [0, 0.1) is 10.8 Å². The number of carbonyl (C=O) groups is 2. The minimum atomic E-state index is -0.870. The molecular formula is C15H26N2O4. The third-order valence-corrected chi connectivity index (χ3v) is 5.12. The topological polar surface area (TPSA) is 87.7 Å². The van der Waals surface area contributed by atoms with E-state index in [2.05, 4.69) is 10.6 Å². The number of rotatable bonds is 5. The number of nitrogens with one attached hydrogen (secondary N) is 2. The number of piperidine rings is 1. The first kappa shape index (κ1) is 16.2. The smallest absolute Gasteiger partial charge is 0.311 e. The molecule has 1 unspecified atom stereocenters. The lowest BCUT2D eigenvalue weighted by molar-refractivity contribution is -0.155. The zero-order valence-electron chi connectivity index (χ0n) is 12.7. The van der Waals surface area contributed by atoms with Crippen molar-refractivity contribution < 1.29 is 19.4 Å². The molecule has 2 rings (SSSR count). The highest BCUT2D eigenvalue weighted by Gasteiger charge is 2.43. The van der Waals surface area contributed by atoms with Crippen LogP contribution in [-0.4, -0.2) is 49.8 Å². The summed E-state index contributed by atoms with van der Waals surface area (Å²) in [5.74, 6) is -0.845. The van der Waals surface area contributed by atoms with E-state index in [9.17, 15) is 14.7 Å². The molecule has 3 N–H and O–H groups in total. The predicted octanol–water partition coefficient (Wildman–Crippen LogP) is 0.764. The molecule has 0 aromatic carbocycles. The Labute approximate surface area is 125 Å². The maximum Gasteiger partial charge on any atom is 0.311 e. The minimum Gasteiger partial charge on any atom is -0.481 e. The monoisotopic (exact) mass is 298 g/mol. The summed E-state index contributed by atoms with van der Waals surface area (Å²) in [4.78, 5) is 24.2. The molecule has 120 valence electrons. The molecule has 2 aliphatic rings. The Morgan fingerprint density at radius 1 is 1.24 bits per heavy atom. The molecule has 0 radical (unpaired) electrons. The van der Waals surface area contributed by atoms with E-state index in [1.165, 1.54) is 0 Å². The molecule has 2 fully saturated rings. The van der Waals surface area contributed by atoms with Gasteiger partial charge in [-0.1, -0.05) is 6.92 Å². The second-order valence-corrected chi connectivity index (χ2v) is 6.29. The maximum atomic E-state index is 12.6. The summed E-state index contributed by atoms with van der Waals surface area (Å²) in [7, 11) is 0. The van der Waals surface area contributed by atoms with Crippen molar-refractivity contribution in [1.29, 1.82) is 0 Å². The van der Waals surface area contributed by atoms with Gasteiger partial charge in [-0.2, -0.15) is 0 Å². The molecule has 1 atom stereocenters. The van der Waals surface area contributed by atoms with Crippen LogP contribution in [0.5, 0.6) is 0 Å². The Morgan fingerprint density at radius 3 is 2.48 bits per heavy atom. The van der Waals surface area contributed by atoms with Crippen LogP contribution in [0.15, 0.2) is 0 Å². The van der Waals surface area contributed by atoms with Crippen LogP contribution in [-0.2, 0) is 14.3 Å². The Bertz CT molecular complexity index is 385. The van der Waals surface area contributed by atoms with Gasteiger partial charge in [-0.15, -0.1) is 0 Å². The summed E-state index contributed by atoms with van der Waals surface area (Å²) in [6.45, 7) is 4.75. The number of hydrogen-bond acceptors (Lipinski definition) is 4. The summed E-state index contributed by atoms with van der Waals surface area (Å²) in [5.41, 5.74) is -1.26. The molecule has 0 aliphatic carbocycles. The fraction of sp³-hybridized carbons (Fsp3) is 0.867. The Balaban J connectivity index is 1.99. The second kappa shape index (κ2) is 6.75. The van der Waals surface area contributed by atoms with E-state index in [0.29, 0.717) is 32.6 Å². The maximum absolute atomic E-state index is 12.6. The van der Waals surface area contributed by atoms with Crippen molar-refractivity contribution in [3.63, 3.8) is 0 Å². The average Bonchev–Trinajstić information content (AvgIpc) is 2.54. The molecule has 0 aromatic heterocycles. The van der Waals surface area contributed by atoms with Gasteiger partial charge in [-0.25, -0.2) is 0 Å². The fourth-order valence-corrected chi connectivity index (χ4v) is 3.29.